The first-order chi connectivity index (χ1) is 18.8. The lowest BCUT2D eigenvalue weighted by Gasteiger charge is -2.31. The Balaban J connectivity index is 1.26. The van der Waals surface area contributed by atoms with Gasteiger partial charge < -0.3 is 24.7 Å². The number of nitrogens with zero attached hydrogens (tertiary/aromatic N) is 2. The summed E-state index contributed by atoms with van der Waals surface area (Å²) in [5, 5.41) is 5.57. The number of piperidine rings is 1. The smallest absolute Gasteiger partial charge is 0.407 e. The zero-order valence-electron chi connectivity index (χ0n) is 22.0. The molecule has 4 atom stereocenters. The number of carbonyl (C=O) groups is 2. The number of halogens is 1. The third kappa shape index (κ3) is 3.92. The number of H-pyrrole nitrogens is 1. The Hall–Kier alpha value is -3.78. The molecule has 39 heavy (non-hydrogen) atoms. The first-order valence-electron chi connectivity index (χ1n) is 13.4. The molecule has 3 aromatic carbocycles. The summed E-state index contributed by atoms with van der Waals surface area (Å²) in [5.74, 6) is 1.88. The van der Waals surface area contributed by atoms with Gasteiger partial charge in [0.05, 0.1) is 24.2 Å². The van der Waals surface area contributed by atoms with Crippen molar-refractivity contribution in [3.05, 3.63) is 58.9 Å². The van der Waals surface area contributed by atoms with Crippen molar-refractivity contribution < 1.29 is 19.1 Å². The fraction of sp³-hybridized carbons (Fsp3) is 0.367. The van der Waals surface area contributed by atoms with E-state index in [1.54, 1.807) is 0 Å². The van der Waals surface area contributed by atoms with Crippen LogP contribution in [0.1, 0.15) is 44.1 Å². The van der Waals surface area contributed by atoms with E-state index in [-0.39, 0.29) is 23.9 Å². The van der Waals surface area contributed by atoms with Crippen molar-refractivity contribution in [3.8, 4) is 16.9 Å². The lowest BCUT2D eigenvalue weighted by atomic mass is 9.93. The van der Waals surface area contributed by atoms with Crippen LogP contribution >= 0.6 is 11.6 Å². The maximum absolute atomic E-state index is 13.8. The summed E-state index contributed by atoms with van der Waals surface area (Å²) >= 11 is 6.18. The number of fused-ring (bicyclic) bond motifs is 7. The highest BCUT2D eigenvalue weighted by molar-refractivity contribution is 6.30. The summed E-state index contributed by atoms with van der Waals surface area (Å²) in [6, 6.07) is 13.6. The molecule has 7 rings (SSSR count). The lowest BCUT2D eigenvalue weighted by molar-refractivity contribution is -0.136. The third-order valence-electron chi connectivity index (χ3n) is 8.40. The summed E-state index contributed by atoms with van der Waals surface area (Å²) in [5.41, 5.74) is 5.10. The number of nitrogens with one attached hydrogen (secondary N) is 2. The van der Waals surface area contributed by atoms with Crippen LogP contribution in [0.4, 0.5) is 4.79 Å². The standard InChI is InChI=1S/C30H29ClN4O4/c1-14(2)26(34-30(37)38-3)29(36)35-23-10-16(23)11-24(35)28-32-22-7-4-15-8-20-17(9-21(15)27(22)33-28)13-39-25-12-18(31)5-6-19(20)25/h4-9,12,14,16,23-24,26H,10-11,13H2,1-3H3,(H,32,33)(H,34,37)/t16-,23-,24+,26+/m1/s1. The minimum atomic E-state index is -0.659. The highest BCUT2D eigenvalue weighted by atomic mass is 35.5. The second-order valence-electron chi connectivity index (χ2n) is 11.2. The summed E-state index contributed by atoms with van der Waals surface area (Å²) < 4.78 is 10.8. The molecule has 2 amide bonds. The van der Waals surface area contributed by atoms with E-state index in [9.17, 15) is 9.59 Å². The van der Waals surface area contributed by atoms with E-state index in [4.69, 9.17) is 26.1 Å². The number of methoxy groups -OCH3 is 1. The maximum Gasteiger partial charge on any atom is 0.407 e. The van der Waals surface area contributed by atoms with Gasteiger partial charge in [-0.1, -0.05) is 31.5 Å². The van der Waals surface area contributed by atoms with E-state index in [2.05, 4.69) is 28.5 Å². The van der Waals surface area contributed by atoms with Crippen molar-refractivity contribution >= 4 is 45.4 Å². The van der Waals surface area contributed by atoms with Crippen molar-refractivity contribution in [2.75, 3.05) is 7.11 Å². The van der Waals surface area contributed by atoms with Gasteiger partial charge in [0.25, 0.3) is 0 Å². The molecule has 0 unspecified atom stereocenters. The molecular weight excluding hydrogens is 516 g/mol. The molecule has 3 aliphatic rings. The molecule has 2 fully saturated rings. The van der Waals surface area contributed by atoms with Crippen LogP contribution in [0.3, 0.4) is 0 Å². The molecule has 0 spiro atoms. The van der Waals surface area contributed by atoms with Crippen LogP contribution in [-0.2, 0) is 16.1 Å². The normalized spacial score (nSPS) is 21.8. The number of likely N-dealkylation sites (tertiary alicyclic amines) is 1. The van der Waals surface area contributed by atoms with Crippen LogP contribution in [0, 0.1) is 11.8 Å². The number of benzene rings is 3. The van der Waals surface area contributed by atoms with Gasteiger partial charge in [0.1, 0.15) is 24.2 Å². The Labute approximate surface area is 230 Å². The average Bonchev–Trinajstić information content (AvgIpc) is 3.37. The number of hydrogen-bond acceptors (Lipinski definition) is 5. The van der Waals surface area contributed by atoms with E-state index in [1.165, 1.54) is 7.11 Å². The van der Waals surface area contributed by atoms with Crippen LogP contribution < -0.4 is 10.1 Å². The van der Waals surface area contributed by atoms with Gasteiger partial charge in [-0.2, -0.15) is 0 Å². The molecule has 1 aliphatic carbocycles. The van der Waals surface area contributed by atoms with Gasteiger partial charge in [0.2, 0.25) is 5.91 Å². The van der Waals surface area contributed by atoms with E-state index in [0.717, 1.165) is 62.9 Å². The second kappa shape index (κ2) is 8.88. The molecule has 8 nitrogen and oxygen atoms in total. The topological polar surface area (TPSA) is 96.5 Å². The number of amides is 2. The number of ether oxygens (including phenoxy) is 2. The predicted octanol–water partition coefficient (Wildman–Crippen LogP) is 5.97. The van der Waals surface area contributed by atoms with Crippen molar-refractivity contribution in [2.24, 2.45) is 11.8 Å². The molecule has 0 radical (unpaired) electrons. The molecule has 3 heterocycles. The minimum Gasteiger partial charge on any atom is -0.488 e. The molecule has 1 aromatic heterocycles. The molecule has 1 saturated heterocycles. The Bertz CT molecular complexity index is 1660. The van der Waals surface area contributed by atoms with Crippen molar-refractivity contribution in [1.29, 1.82) is 0 Å². The average molecular weight is 545 g/mol. The van der Waals surface area contributed by atoms with Crippen LogP contribution in [-0.4, -0.2) is 46.1 Å². The van der Waals surface area contributed by atoms with Gasteiger partial charge in [0.15, 0.2) is 0 Å². The Morgan fingerprint density at radius 3 is 2.79 bits per heavy atom. The maximum atomic E-state index is 13.8. The number of hydrogen-bond donors (Lipinski definition) is 2. The molecule has 200 valence electrons. The Morgan fingerprint density at radius 2 is 2.00 bits per heavy atom. The fourth-order valence-electron chi connectivity index (χ4n) is 6.32. The van der Waals surface area contributed by atoms with Crippen LogP contribution in [0.2, 0.25) is 5.02 Å². The quantitative estimate of drug-likeness (QED) is 0.330. The summed E-state index contributed by atoms with van der Waals surface area (Å²) in [7, 11) is 1.31. The summed E-state index contributed by atoms with van der Waals surface area (Å²) in [4.78, 5) is 36.2. The lowest BCUT2D eigenvalue weighted by Crippen LogP contribution is -2.52. The Kier molecular flexibility index (Phi) is 5.53. The molecule has 4 aromatic rings. The van der Waals surface area contributed by atoms with Crippen LogP contribution in [0.5, 0.6) is 5.75 Å². The van der Waals surface area contributed by atoms with Crippen LogP contribution in [0.15, 0.2) is 42.5 Å². The van der Waals surface area contributed by atoms with E-state index in [1.807, 2.05) is 43.0 Å². The van der Waals surface area contributed by atoms with E-state index >= 15 is 0 Å². The largest absolute Gasteiger partial charge is 0.488 e. The van der Waals surface area contributed by atoms with E-state index < -0.39 is 12.1 Å². The number of imidazole rings is 1. The number of aromatic amines is 1. The molecular formula is C30H29ClN4O4. The van der Waals surface area contributed by atoms with Gasteiger partial charge in [-0.3, -0.25) is 4.79 Å². The van der Waals surface area contributed by atoms with Gasteiger partial charge in [-0.25, -0.2) is 9.78 Å². The SMILES string of the molecule is COC(=O)N[C@H](C(=O)N1[C@@H]2C[C@@H]2C[C@H]1c1nc2ccc3cc4c(cc3c2[nH]1)COc1cc(Cl)ccc1-4)C(C)C. The van der Waals surface area contributed by atoms with Gasteiger partial charge >= 0.3 is 6.09 Å². The third-order valence-corrected chi connectivity index (χ3v) is 8.63. The molecule has 2 N–H and O–H groups in total. The summed E-state index contributed by atoms with van der Waals surface area (Å²) in [6.07, 6.45) is 1.26. The first-order valence-corrected chi connectivity index (χ1v) is 13.7. The van der Waals surface area contributed by atoms with Crippen molar-refractivity contribution in [2.45, 2.75) is 51.4 Å². The van der Waals surface area contributed by atoms with Crippen molar-refractivity contribution in [3.63, 3.8) is 0 Å². The van der Waals surface area contributed by atoms with Gasteiger partial charge in [0, 0.05) is 22.0 Å². The second-order valence-corrected chi connectivity index (χ2v) is 11.6. The monoisotopic (exact) mass is 544 g/mol. The number of rotatable bonds is 4. The highest BCUT2D eigenvalue weighted by Gasteiger charge is 2.56. The van der Waals surface area contributed by atoms with E-state index in [0.29, 0.717) is 17.5 Å². The number of carbonyl (C=O) groups excluding carboxylic acids is 2. The number of alkyl carbamates (subject to hydrolysis) is 1. The summed E-state index contributed by atoms with van der Waals surface area (Å²) in [6.45, 7) is 4.32. The van der Waals surface area contributed by atoms with Crippen molar-refractivity contribution in [1.82, 2.24) is 20.2 Å². The molecule has 0 bridgehead atoms. The first kappa shape index (κ1) is 24.3. The predicted molar refractivity (Wildman–Crippen MR) is 149 cm³/mol. The molecule has 9 heteroatoms. The fourth-order valence-corrected chi connectivity index (χ4v) is 6.48. The molecule has 1 saturated carbocycles. The van der Waals surface area contributed by atoms with Gasteiger partial charge in [-0.05, 0) is 77.6 Å². The Morgan fingerprint density at radius 1 is 1.15 bits per heavy atom. The molecule has 2 aliphatic heterocycles. The van der Waals surface area contributed by atoms with Gasteiger partial charge in [-0.15, -0.1) is 0 Å². The number of aromatic nitrogens is 2. The zero-order chi connectivity index (χ0) is 27.0. The van der Waals surface area contributed by atoms with Crippen LogP contribution in [0.25, 0.3) is 32.9 Å². The highest BCUT2D eigenvalue weighted by Crippen LogP contribution is 2.53. The minimum absolute atomic E-state index is 0.0794. The zero-order valence-corrected chi connectivity index (χ0v) is 22.7.